The molecule has 0 bridgehead atoms. The van der Waals surface area contributed by atoms with E-state index in [1.807, 2.05) is 35.9 Å². The number of hydrogen-bond donors (Lipinski definition) is 1. The molecule has 0 atom stereocenters. The molecule has 0 radical (unpaired) electrons. The fourth-order valence-corrected chi connectivity index (χ4v) is 2.83. The lowest BCUT2D eigenvalue weighted by Gasteiger charge is -2.26. The number of amides is 1. The molecule has 0 saturated heterocycles. The van der Waals surface area contributed by atoms with Crippen LogP contribution < -0.4 is 0 Å². The molecule has 1 aromatic carbocycles. The molecular weight excluding hydrogens is 302 g/mol. The van der Waals surface area contributed by atoms with E-state index in [2.05, 4.69) is 18.9 Å². The molecule has 5 nitrogen and oxygen atoms in total. The van der Waals surface area contributed by atoms with E-state index in [0.29, 0.717) is 5.56 Å². The molecule has 0 saturated carbocycles. The molecule has 1 aromatic heterocycles. The topological polar surface area (TPSA) is 58.4 Å². The minimum Gasteiger partial charge on any atom is -0.389 e. The Labute approximate surface area is 143 Å². The highest BCUT2D eigenvalue weighted by Gasteiger charge is 2.26. The van der Waals surface area contributed by atoms with Crippen LogP contribution in [0.2, 0.25) is 0 Å². The highest BCUT2D eigenvalue weighted by Crippen LogP contribution is 2.24. The fourth-order valence-electron chi connectivity index (χ4n) is 2.83. The van der Waals surface area contributed by atoms with Crippen LogP contribution in [0.25, 0.3) is 5.69 Å². The molecule has 1 amide bonds. The molecule has 0 aliphatic rings. The number of aryl methyl sites for hydroxylation is 1. The van der Waals surface area contributed by atoms with E-state index in [-0.39, 0.29) is 18.4 Å². The van der Waals surface area contributed by atoms with E-state index >= 15 is 0 Å². The second-order valence-electron chi connectivity index (χ2n) is 7.32. The molecule has 0 spiro atoms. The summed E-state index contributed by atoms with van der Waals surface area (Å²) in [5.41, 5.74) is 2.64. The molecule has 1 N–H and O–H groups in total. The molecule has 0 aliphatic carbocycles. The van der Waals surface area contributed by atoms with Crippen molar-refractivity contribution in [2.24, 2.45) is 0 Å². The Morgan fingerprint density at radius 1 is 1.29 bits per heavy atom. The molecule has 0 fully saturated rings. The van der Waals surface area contributed by atoms with Gasteiger partial charge in [0.05, 0.1) is 28.7 Å². The van der Waals surface area contributed by atoms with E-state index < -0.39 is 5.60 Å². The van der Waals surface area contributed by atoms with Gasteiger partial charge in [-0.2, -0.15) is 5.10 Å². The van der Waals surface area contributed by atoms with Gasteiger partial charge in [0.2, 0.25) is 0 Å². The first kappa shape index (κ1) is 18.2. The van der Waals surface area contributed by atoms with Gasteiger partial charge >= 0.3 is 0 Å². The van der Waals surface area contributed by atoms with Crippen LogP contribution >= 0.6 is 0 Å². The fraction of sp³-hybridized carbons (Fsp3) is 0.474. The lowest BCUT2D eigenvalue weighted by atomic mass is 10.0. The monoisotopic (exact) mass is 329 g/mol. The summed E-state index contributed by atoms with van der Waals surface area (Å²) in [5.74, 6) is 0.0162. The van der Waals surface area contributed by atoms with Crippen LogP contribution in [0.5, 0.6) is 0 Å². The van der Waals surface area contributed by atoms with Gasteiger partial charge in [0.25, 0.3) is 5.91 Å². The van der Waals surface area contributed by atoms with Gasteiger partial charge in [-0.1, -0.05) is 31.5 Å². The van der Waals surface area contributed by atoms with Crippen LogP contribution in [0.15, 0.2) is 30.5 Å². The summed E-state index contributed by atoms with van der Waals surface area (Å²) < 4.78 is 1.83. The maximum atomic E-state index is 12.8. The lowest BCUT2D eigenvalue weighted by Crippen LogP contribution is -2.40. The summed E-state index contributed by atoms with van der Waals surface area (Å²) in [7, 11) is 1.70. The predicted octanol–water partition coefficient (Wildman–Crippen LogP) is 3.15. The van der Waals surface area contributed by atoms with E-state index in [9.17, 15) is 9.90 Å². The van der Waals surface area contributed by atoms with Gasteiger partial charge in [-0.15, -0.1) is 0 Å². The Morgan fingerprint density at radius 2 is 1.88 bits per heavy atom. The van der Waals surface area contributed by atoms with Crippen LogP contribution in [-0.2, 0) is 0 Å². The van der Waals surface area contributed by atoms with Crippen molar-refractivity contribution in [3.8, 4) is 5.69 Å². The maximum Gasteiger partial charge on any atom is 0.257 e. The van der Waals surface area contributed by atoms with Gasteiger partial charge in [0, 0.05) is 13.6 Å². The van der Waals surface area contributed by atoms with E-state index in [4.69, 9.17) is 0 Å². The first-order chi connectivity index (χ1) is 11.1. The third-order valence-electron chi connectivity index (χ3n) is 3.83. The predicted molar refractivity (Wildman–Crippen MR) is 95.6 cm³/mol. The molecular formula is C19H27N3O2. The highest BCUT2D eigenvalue weighted by molar-refractivity contribution is 5.95. The van der Waals surface area contributed by atoms with Crippen molar-refractivity contribution in [1.82, 2.24) is 14.7 Å². The SMILES string of the molecule is Cc1ccc(-n2ncc(C(=O)N(C)CC(C)(C)O)c2C(C)C)cc1. The summed E-state index contributed by atoms with van der Waals surface area (Å²) in [5, 5.41) is 14.4. The van der Waals surface area contributed by atoms with Gasteiger partial charge in [-0.3, -0.25) is 4.79 Å². The molecule has 130 valence electrons. The van der Waals surface area contributed by atoms with Gasteiger partial charge in [-0.25, -0.2) is 4.68 Å². The smallest absolute Gasteiger partial charge is 0.257 e. The van der Waals surface area contributed by atoms with Gasteiger partial charge < -0.3 is 10.0 Å². The van der Waals surface area contributed by atoms with Crippen molar-refractivity contribution in [3.05, 3.63) is 47.3 Å². The van der Waals surface area contributed by atoms with E-state index in [1.54, 1.807) is 32.0 Å². The van der Waals surface area contributed by atoms with Crippen molar-refractivity contribution < 1.29 is 9.90 Å². The van der Waals surface area contributed by atoms with Crippen LogP contribution in [0.1, 0.15) is 55.2 Å². The molecule has 0 unspecified atom stereocenters. The van der Waals surface area contributed by atoms with Gasteiger partial charge in [-0.05, 0) is 38.8 Å². The Kier molecular flexibility index (Phi) is 5.13. The minimum atomic E-state index is -0.935. The number of aliphatic hydroxyl groups is 1. The molecule has 2 rings (SSSR count). The summed E-state index contributed by atoms with van der Waals surface area (Å²) >= 11 is 0. The third-order valence-corrected chi connectivity index (χ3v) is 3.83. The number of likely N-dealkylation sites (N-methyl/N-ethyl adjacent to an activating group) is 1. The van der Waals surface area contributed by atoms with Crippen LogP contribution in [0.3, 0.4) is 0 Å². The normalized spacial score (nSPS) is 11.8. The van der Waals surface area contributed by atoms with Crippen molar-refractivity contribution in [2.45, 2.75) is 46.1 Å². The van der Waals surface area contributed by atoms with Crippen LogP contribution in [-0.4, -0.2) is 44.9 Å². The first-order valence-electron chi connectivity index (χ1n) is 8.23. The number of benzene rings is 1. The second-order valence-corrected chi connectivity index (χ2v) is 7.32. The number of aromatic nitrogens is 2. The zero-order valence-corrected chi connectivity index (χ0v) is 15.4. The molecule has 1 heterocycles. The van der Waals surface area contributed by atoms with E-state index in [0.717, 1.165) is 11.4 Å². The van der Waals surface area contributed by atoms with Crippen molar-refractivity contribution in [1.29, 1.82) is 0 Å². The Morgan fingerprint density at radius 3 is 2.38 bits per heavy atom. The number of carbonyl (C=O) groups excluding carboxylic acids is 1. The standard InChI is InChI=1S/C19H27N3O2/c1-13(2)17-16(18(23)21(6)12-19(4,5)24)11-20-22(17)15-9-7-14(3)8-10-15/h7-11,13,24H,12H2,1-6H3. The van der Waals surface area contributed by atoms with Crippen molar-refractivity contribution >= 4 is 5.91 Å². The average Bonchev–Trinajstić information content (AvgIpc) is 2.90. The average molecular weight is 329 g/mol. The van der Waals surface area contributed by atoms with Crippen LogP contribution in [0.4, 0.5) is 0 Å². The first-order valence-corrected chi connectivity index (χ1v) is 8.23. The summed E-state index contributed by atoms with van der Waals surface area (Å²) in [6.45, 7) is 9.78. The highest BCUT2D eigenvalue weighted by atomic mass is 16.3. The zero-order chi connectivity index (χ0) is 18.1. The summed E-state index contributed by atoms with van der Waals surface area (Å²) in [4.78, 5) is 14.4. The van der Waals surface area contributed by atoms with Gasteiger partial charge in [0.15, 0.2) is 0 Å². The summed E-state index contributed by atoms with van der Waals surface area (Å²) in [6, 6.07) is 8.07. The molecule has 0 aliphatic heterocycles. The quantitative estimate of drug-likeness (QED) is 0.917. The largest absolute Gasteiger partial charge is 0.389 e. The number of hydrogen-bond acceptors (Lipinski definition) is 3. The number of nitrogens with zero attached hydrogens (tertiary/aromatic N) is 3. The van der Waals surface area contributed by atoms with E-state index in [1.165, 1.54) is 5.56 Å². The second kappa shape index (κ2) is 6.77. The van der Waals surface area contributed by atoms with Crippen molar-refractivity contribution in [2.75, 3.05) is 13.6 Å². The molecule has 24 heavy (non-hydrogen) atoms. The lowest BCUT2D eigenvalue weighted by molar-refractivity contribution is 0.0367. The molecule has 5 heteroatoms. The Hall–Kier alpha value is -2.14. The Balaban J connectivity index is 2.42. The van der Waals surface area contributed by atoms with Gasteiger partial charge in [0.1, 0.15) is 0 Å². The third kappa shape index (κ3) is 4.03. The van der Waals surface area contributed by atoms with Crippen LogP contribution in [0, 0.1) is 6.92 Å². The molecule has 2 aromatic rings. The van der Waals surface area contributed by atoms with Crippen molar-refractivity contribution in [3.63, 3.8) is 0 Å². The summed E-state index contributed by atoms with van der Waals surface area (Å²) in [6.07, 6.45) is 1.62. The zero-order valence-electron chi connectivity index (χ0n) is 15.4. The maximum absolute atomic E-state index is 12.8. The minimum absolute atomic E-state index is 0.126. The Bertz CT molecular complexity index is 709. The number of rotatable bonds is 5. The number of carbonyl (C=O) groups is 1.